The molecular formula is C43H37N5Pt. The van der Waals surface area contributed by atoms with Gasteiger partial charge >= 0.3 is 21.1 Å². The van der Waals surface area contributed by atoms with Gasteiger partial charge in [-0.1, -0.05) is 81.1 Å². The number of rotatable bonds is 4. The summed E-state index contributed by atoms with van der Waals surface area (Å²) in [4.78, 5) is 8.41. The van der Waals surface area contributed by atoms with E-state index >= 15 is 0 Å². The van der Waals surface area contributed by atoms with Gasteiger partial charge in [0.25, 0.3) is 0 Å². The smallest absolute Gasteiger partial charge is 0.510 e. The summed E-state index contributed by atoms with van der Waals surface area (Å²) in [7, 11) is 4.10. The predicted octanol–water partition coefficient (Wildman–Crippen LogP) is 9.06. The molecule has 6 heteroatoms. The molecule has 1 aromatic heterocycles. The fourth-order valence-corrected chi connectivity index (χ4v) is 7.76. The number of anilines is 2. The van der Waals surface area contributed by atoms with Crippen molar-refractivity contribution in [3.8, 4) is 5.69 Å². The Hall–Kier alpha value is -4.73. The molecule has 3 aliphatic rings. The molecule has 4 heterocycles. The number of aromatic nitrogens is 1. The third-order valence-electron chi connectivity index (χ3n) is 10.1. The Morgan fingerprint density at radius 2 is 1.35 bits per heavy atom. The van der Waals surface area contributed by atoms with Crippen molar-refractivity contribution in [2.45, 2.75) is 31.6 Å². The van der Waals surface area contributed by atoms with E-state index in [0.29, 0.717) is 0 Å². The van der Waals surface area contributed by atoms with Crippen LogP contribution in [0.25, 0.3) is 27.5 Å². The molecule has 0 fully saturated rings. The number of hydrogen-bond donors (Lipinski definition) is 0. The summed E-state index contributed by atoms with van der Waals surface area (Å²) in [6, 6.07) is 43.8. The first-order chi connectivity index (χ1) is 23.2. The maximum absolute atomic E-state index is 4.02. The van der Waals surface area contributed by atoms with Gasteiger partial charge in [-0.15, -0.1) is 34.6 Å². The summed E-state index contributed by atoms with van der Waals surface area (Å²) in [5.74, 6) is 0. The van der Waals surface area contributed by atoms with Gasteiger partial charge in [0.05, 0.1) is 0 Å². The van der Waals surface area contributed by atoms with Crippen LogP contribution in [0.15, 0.2) is 122 Å². The predicted molar refractivity (Wildman–Crippen MR) is 196 cm³/mol. The van der Waals surface area contributed by atoms with E-state index in [1.54, 1.807) is 0 Å². The monoisotopic (exact) mass is 818 g/mol. The maximum Gasteiger partial charge on any atom is 4.00 e. The molecule has 0 amide bonds. The van der Waals surface area contributed by atoms with Gasteiger partial charge in [-0.3, -0.25) is 0 Å². The van der Waals surface area contributed by atoms with Crippen LogP contribution in [-0.2, 0) is 31.9 Å². The van der Waals surface area contributed by atoms with Crippen LogP contribution < -0.4 is 9.80 Å². The summed E-state index contributed by atoms with van der Waals surface area (Å²) in [5.41, 5.74) is 10.8. The molecule has 5 aromatic carbocycles. The molecule has 49 heavy (non-hydrogen) atoms. The fraction of sp³-hybridized carbons (Fsp3) is 0.163. The van der Waals surface area contributed by atoms with Crippen LogP contribution in [-0.4, -0.2) is 28.5 Å². The molecule has 0 saturated carbocycles. The first kappa shape index (κ1) is 31.5. The van der Waals surface area contributed by atoms with Gasteiger partial charge in [-0.2, -0.15) is 43.7 Å². The van der Waals surface area contributed by atoms with Gasteiger partial charge in [-0.05, 0) is 73.1 Å². The largest absolute Gasteiger partial charge is 4.00 e. The van der Waals surface area contributed by atoms with Crippen LogP contribution in [0.1, 0.15) is 48.6 Å². The molecule has 1 unspecified atom stereocenters. The van der Waals surface area contributed by atoms with Crippen LogP contribution in [0.4, 0.5) is 11.4 Å². The van der Waals surface area contributed by atoms with E-state index in [-0.39, 0.29) is 26.5 Å². The maximum atomic E-state index is 4.02. The second kappa shape index (κ2) is 11.4. The number of fused-ring (bicyclic) bond motifs is 5. The topological polar surface area (TPSA) is 17.9 Å². The molecule has 3 aliphatic heterocycles. The van der Waals surface area contributed by atoms with E-state index in [2.05, 4.69) is 199 Å². The summed E-state index contributed by atoms with van der Waals surface area (Å²) >= 11 is 0. The van der Waals surface area contributed by atoms with Crippen molar-refractivity contribution in [2.75, 3.05) is 23.9 Å². The van der Waals surface area contributed by atoms with E-state index < -0.39 is 5.41 Å². The van der Waals surface area contributed by atoms with Crippen LogP contribution in [0.2, 0.25) is 0 Å². The molecule has 244 valence electrons. The van der Waals surface area contributed by atoms with Crippen molar-refractivity contribution in [1.82, 2.24) is 14.4 Å². The van der Waals surface area contributed by atoms with Crippen molar-refractivity contribution in [2.24, 2.45) is 0 Å². The Labute approximate surface area is 303 Å². The Bertz CT molecular complexity index is 2300. The zero-order valence-electron chi connectivity index (χ0n) is 28.3. The van der Waals surface area contributed by atoms with Crippen LogP contribution >= 0.6 is 0 Å². The Balaban J connectivity index is 0.00000348. The molecule has 6 aromatic rings. The number of para-hydroxylation sites is 1. The number of benzene rings is 5. The van der Waals surface area contributed by atoms with Crippen molar-refractivity contribution >= 4 is 33.2 Å². The summed E-state index contributed by atoms with van der Waals surface area (Å²) < 4.78 is 2.48. The van der Waals surface area contributed by atoms with Crippen LogP contribution in [0.3, 0.4) is 0 Å². The van der Waals surface area contributed by atoms with Crippen molar-refractivity contribution in [3.05, 3.63) is 175 Å². The molecule has 0 radical (unpaired) electrons. The normalized spacial score (nSPS) is 18.1. The Kier molecular flexibility index (Phi) is 7.35. The van der Waals surface area contributed by atoms with E-state index in [4.69, 9.17) is 0 Å². The van der Waals surface area contributed by atoms with Crippen LogP contribution in [0.5, 0.6) is 0 Å². The molecule has 1 atom stereocenters. The quantitative estimate of drug-likeness (QED) is 0.165. The molecule has 9 rings (SSSR count). The molecule has 5 nitrogen and oxygen atoms in total. The number of nitrogens with zero attached hydrogens (tertiary/aromatic N) is 5. The van der Waals surface area contributed by atoms with Crippen molar-refractivity contribution in [3.63, 3.8) is 0 Å². The average Bonchev–Trinajstić information content (AvgIpc) is 3.82. The summed E-state index contributed by atoms with van der Waals surface area (Å²) in [5, 5.41) is 2.53. The van der Waals surface area contributed by atoms with Gasteiger partial charge in [0.2, 0.25) is 0 Å². The molecular weight excluding hydrogens is 782 g/mol. The van der Waals surface area contributed by atoms with Crippen molar-refractivity contribution < 1.29 is 21.1 Å². The second-order valence-corrected chi connectivity index (χ2v) is 14.2. The molecule has 0 spiro atoms. The molecule has 0 N–H and O–H groups in total. The van der Waals surface area contributed by atoms with Gasteiger partial charge in [-0.25, -0.2) is 0 Å². The number of hydrogen-bond acceptors (Lipinski definition) is 4. The molecule has 0 bridgehead atoms. The van der Waals surface area contributed by atoms with Crippen LogP contribution in [0, 0.1) is 25.5 Å². The van der Waals surface area contributed by atoms with Gasteiger partial charge in [0.1, 0.15) is 0 Å². The van der Waals surface area contributed by atoms with Gasteiger partial charge in [0.15, 0.2) is 0 Å². The average molecular weight is 819 g/mol. The first-order valence-electron chi connectivity index (χ1n) is 16.5. The van der Waals surface area contributed by atoms with Gasteiger partial charge in [0, 0.05) is 27.2 Å². The van der Waals surface area contributed by atoms with E-state index in [1.165, 1.54) is 38.5 Å². The minimum absolute atomic E-state index is 0. The summed E-state index contributed by atoms with van der Waals surface area (Å²) in [6.07, 6.45) is 8.30. The van der Waals surface area contributed by atoms with E-state index in [0.717, 1.165) is 28.2 Å². The zero-order valence-corrected chi connectivity index (χ0v) is 30.5. The van der Waals surface area contributed by atoms with E-state index in [9.17, 15) is 0 Å². The Morgan fingerprint density at radius 3 is 2.02 bits per heavy atom. The first-order valence-corrected chi connectivity index (χ1v) is 16.5. The minimum atomic E-state index is -0.704. The van der Waals surface area contributed by atoms with Gasteiger partial charge < -0.3 is 24.2 Å². The standard InChI is InChI=1S/C43H37N5.Pt/c1-42(2,3)31-17-19-39-36(26-31)35-15-10-16-37-41(35)48(39)40-20-18-34(47-24-22-45(5)29-47)27-38(40)43(37,30-11-7-6-8-12-30)32-13-9-14-33(25-32)46-23-21-44(4)28-46;/h6-24,26,28-29H,1-5H3;/q-4;+4. The minimum Gasteiger partial charge on any atom is -0.510 e. The third-order valence-corrected chi connectivity index (χ3v) is 10.1. The SMILES string of the molecule is CN1C=CN(c2[c-]c(C3(c4ccccc4)c4[c-]c(N5C=CN(C)[CH-]5)ccc4-n4c5ccc(C(C)(C)C)cc5c5cccc3c54)ccc2)[CH-]1.[Pt+4]. The molecule has 0 aliphatic carbocycles. The second-order valence-electron chi connectivity index (χ2n) is 14.2. The summed E-state index contributed by atoms with van der Waals surface area (Å²) in [6.45, 7) is 11.0. The molecule has 0 saturated heterocycles. The third kappa shape index (κ3) is 4.70. The zero-order chi connectivity index (χ0) is 32.8. The Morgan fingerprint density at radius 1 is 0.653 bits per heavy atom. The van der Waals surface area contributed by atoms with Crippen molar-refractivity contribution in [1.29, 1.82) is 0 Å². The fourth-order valence-electron chi connectivity index (χ4n) is 7.76. The van der Waals surface area contributed by atoms with E-state index in [1.807, 2.05) is 7.05 Å².